The fourth-order valence-electron chi connectivity index (χ4n) is 2.78. The molecule has 2 rings (SSSR count). The van der Waals surface area contributed by atoms with Gasteiger partial charge in [0.25, 0.3) is 0 Å². The molecule has 2 heterocycles. The average molecular weight is 233 g/mol. The number of pyridine rings is 1. The molecule has 1 aromatic heterocycles. The van der Waals surface area contributed by atoms with E-state index in [0.717, 1.165) is 18.8 Å². The summed E-state index contributed by atoms with van der Waals surface area (Å²) in [7, 11) is 0. The van der Waals surface area contributed by atoms with Gasteiger partial charge in [-0.15, -0.1) is 0 Å². The third kappa shape index (κ3) is 2.78. The van der Waals surface area contributed by atoms with E-state index >= 15 is 0 Å². The molecule has 1 N–H and O–H groups in total. The Kier molecular flexibility index (Phi) is 4.00. The number of rotatable bonds is 3. The molecule has 0 saturated carbocycles. The predicted molar refractivity (Wildman–Crippen MR) is 72.5 cm³/mol. The van der Waals surface area contributed by atoms with Gasteiger partial charge in [-0.3, -0.25) is 4.98 Å². The number of nitrogens with one attached hydrogen (secondary N) is 1. The Balaban J connectivity index is 2.07. The minimum absolute atomic E-state index is 0.593. The van der Waals surface area contributed by atoms with Gasteiger partial charge in [0.1, 0.15) is 0 Å². The van der Waals surface area contributed by atoms with Crippen LogP contribution in [0.1, 0.15) is 32.4 Å². The number of aryl methyl sites for hydroxylation is 1. The lowest BCUT2D eigenvalue weighted by Crippen LogP contribution is -2.47. The first-order chi connectivity index (χ1) is 8.22. The summed E-state index contributed by atoms with van der Waals surface area (Å²) in [5, 5.41) is 3.56. The average Bonchev–Trinajstić information content (AvgIpc) is 2.31. The van der Waals surface area contributed by atoms with Crippen LogP contribution in [-0.4, -0.2) is 30.2 Å². The second-order valence-corrected chi connectivity index (χ2v) is 4.93. The van der Waals surface area contributed by atoms with Crippen molar-refractivity contribution in [2.45, 2.75) is 45.7 Å². The molecular weight excluding hydrogens is 210 g/mol. The van der Waals surface area contributed by atoms with E-state index in [0.29, 0.717) is 12.1 Å². The van der Waals surface area contributed by atoms with Crippen LogP contribution in [0.5, 0.6) is 0 Å². The monoisotopic (exact) mass is 233 g/mol. The maximum Gasteiger partial charge on any atom is 0.0605 e. The Hall–Kier alpha value is -1.09. The van der Waals surface area contributed by atoms with Crippen LogP contribution < -0.4 is 10.2 Å². The van der Waals surface area contributed by atoms with Gasteiger partial charge >= 0.3 is 0 Å². The van der Waals surface area contributed by atoms with Crippen LogP contribution in [0.2, 0.25) is 0 Å². The maximum absolute atomic E-state index is 4.39. The van der Waals surface area contributed by atoms with E-state index in [2.05, 4.69) is 42.0 Å². The van der Waals surface area contributed by atoms with Gasteiger partial charge in [0.05, 0.1) is 11.4 Å². The molecule has 1 aliphatic rings. The SMILES string of the molecule is CCNC1CCN(c2cccnc2C)C(C)C1. The van der Waals surface area contributed by atoms with Crippen LogP contribution in [0.15, 0.2) is 18.3 Å². The van der Waals surface area contributed by atoms with Crippen LogP contribution >= 0.6 is 0 Å². The van der Waals surface area contributed by atoms with Crippen molar-refractivity contribution in [3.05, 3.63) is 24.0 Å². The van der Waals surface area contributed by atoms with Crippen LogP contribution in [0.25, 0.3) is 0 Å². The summed E-state index contributed by atoms with van der Waals surface area (Å²) in [6.45, 7) is 8.80. The molecule has 0 radical (unpaired) electrons. The van der Waals surface area contributed by atoms with Crippen molar-refractivity contribution in [2.75, 3.05) is 18.0 Å². The normalized spacial score (nSPS) is 25.0. The third-order valence-electron chi connectivity index (χ3n) is 3.66. The largest absolute Gasteiger partial charge is 0.367 e. The topological polar surface area (TPSA) is 28.2 Å². The number of anilines is 1. The molecule has 0 bridgehead atoms. The highest BCUT2D eigenvalue weighted by Gasteiger charge is 2.25. The van der Waals surface area contributed by atoms with Gasteiger partial charge < -0.3 is 10.2 Å². The molecule has 0 amide bonds. The van der Waals surface area contributed by atoms with Crippen molar-refractivity contribution in [2.24, 2.45) is 0 Å². The summed E-state index contributed by atoms with van der Waals surface area (Å²) in [5.74, 6) is 0. The number of hydrogen-bond acceptors (Lipinski definition) is 3. The smallest absolute Gasteiger partial charge is 0.0605 e. The summed E-state index contributed by atoms with van der Waals surface area (Å²) >= 11 is 0. The van der Waals surface area contributed by atoms with Gasteiger partial charge in [-0.05, 0) is 45.4 Å². The second-order valence-electron chi connectivity index (χ2n) is 4.93. The van der Waals surface area contributed by atoms with E-state index in [9.17, 15) is 0 Å². The van der Waals surface area contributed by atoms with Crippen LogP contribution in [-0.2, 0) is 0 Å². The molecule has 1 aliphatic heterocycles. The van der Waals surface area contributed by atoms with E-state index in [1.807, 2.05) is 12.3 Å². The zero-order valence-corrected chi connectivity index (χ0v) is 11.1. The maximum atomic E-state index is 4.39. The first-order valence-corrected chi connectivity index (χ1v) is 6.64. The number of piperidine rings is 1. The van der Waals surface area contributed by atoms with Crippen molar-refractivity contribution >= 4 is 5.69 Å². The van der Waals surface area contributed by atoms with Crippen LogP contribution in [0.3, 0.4) is 0 Å². The molecule has 3 heteroatoms. The molecule has 1 saturated heterocycles. The van der Waals surface area contributed by atoms with Crippen LogP contribution in [0, 0.1) is 6.92 Å². The summed E-state index contributed by atoms with van der Waals surface area (Å²) in [4.78, 5) is 6.88. The number of aromatic nitrogens is 1. The zero-order chi connectivity index (χ0) is 12.3. The van der Waals surface area contributed by atoms with Gasteiger partial charge in [0.15, 0.2) is 0 Å². The highest BCUT2D eigenvalue weighted by Crippen LogP contribution is 2.26. The second kappa shape index (κ2) is 5.50. The van der Waals surface area contributed by atoms with Gasteiger partial charge in [-0.1, -0.05) is 6.92 Å². The first kappa shape index (κ1) is 12.4. The predicted octanol–water partition coefficient (Wildman–Crippen LogP) is 2.36. The lowest BCUT2D eigenvalue weighted by molar-refractivity contribution is 0.373. The van der Waals surface area contributed by atoms with Crippen molar-refractivity contribution in [1.29, 1.82) is 0 Å². The van der Waals surface area contributed by atoms with Gasteiger partial charge in [0.2, 0.25) is 0 Å². The minimum Gasteiger partial charge on any atom is -0.367 e. The Morgan fingerprint density at radius 1 is 1.53 bits per heavy atom. The molecule has 0 spiro atoms. The molecule has 0 aliphatic carbocycles. The number of hydrogen-bond donors (Lipinski definition) is 1. The fourth-order valence-corrected chi connectivity index (χ4v) is 2.78. The Labute approximate surface area is 104 Å². The molecule has 0 aromatic carbocycles. The van der Waals surface area contributed by atoms with E-state index in [4.69, 9.17) is 0 Å². The van der Waals surface area contributed by atoms with Crippen molar-refractivity contribution < 1.29 is 0 Å². The summed E-state index contributed by atoms with van der Waals surface area (Å²) in [6.07, 6.45) is 4.32. The molecule has 1 fully saturated rings. The minimum atomic E-state index is 0.593. The van der Waals surface area contributed by atoms with E-state index in [1.165, 1.54) is 18.5 Å². The van der Waals surface area contributed by atoms with Crippen molar-refractivity contribution in [3.8, 4) is 0 Å². The Morgan fingerprint density at radius 2 is 2.35 bits per heavy atom. The van der Waals surface area contributed by atoms with Crippen LogP contribution in [0.4, 0.5) is 5.69 Å². The summed E-state index contributed by atoms with van der Waals surface area (Å²) in [5.41, 5.74) is 2.44. The molecule has 1 aromatic rings. The van der Waals surface area contributed by atoms with E-state index in [1.54, 1.807) is 0 Å². The Bertz CT molecular complexity index is 364. The molecule has 17 heavy (non-hydrogen) atoms. The quantitative estimate of drug-likeness (QED) is 0.868. The van der Waals surface area contributed by atoms with Crippen molar-refractivity contribution in [3.63, 3.8) is 0 Å². The van der Waals surface area contributed by atoms with Gasteiger partial charge in [-0.2, -0.15) is 0 Å². The molecular formula is C14H23N3. The molecule has 94 valence electrons. The zero-order valence-electron chi connectivity index (χ0n) is 11.1. The Morgan fingerprint density at radius 3 is 3.00 bits per heavy atom. The lowest BCUT2D eigenvalue weighted by Gasteiger charge is -2.40. The van der Waals surface area contributed by atoms with Gasteiger partial charge in [0, 0.05) is 24.8 Å². The third-order valence-corrected chi connectivity index (χ3v) is 3.66. The highest BCUT2D eigenvalue weighted by atomic mass is 15.2. The fraction of sp³-hybridized carbons (Fsp3) is 0.643. The lowest BCUT2D eigenvalue weighted by atomic mass is 9.97. The summed E-state index contributed by atoms with van der Waals surface area (Å²) < 4.78 is 0. The van der Waals surface area contributed by atoms with Gasteiger partial charge in [-0.25, -0.2) is 0 Å². The summed E-state index contributed by atoms with van der Waals surface area (Å²) in [6, 6.07) is 5.50. The van der Waals surface area contributed by atoms with E-state index in [-0.39, 0.29) is 0 Å². The van der Waals surface area contributed by atoms with E-state index < -0.39 is 0 Å². The first-order valence-electron chi connectivity index (χ1n) is 6.64. The van der Waals surface area contributed by atoms with Crippen molar-refractivity contribution in [1.82, 2.24) is 10.3 Å². The molecule has 2 unspecified atom stereocenters. The number of nitrogens with zero attached hydrogens (tertiary/aromatic N) is 2. The molecule has 2 atom stereocenters. The highest BCUT2D eigenvalue weighted by molar-refractivity contribution is 5.51. The standard InChI is InChI=1S/C14H23N3/c1-4-15-13-7-9-17(11(2)10-13)14-6-5-8-16-12(14)3/h5-6,8,11,13,15H,4,7,9-10H2,1-3H3. The molecule has 3 nitrogen and oxygen atoms in total.